The molecule has 1 fully saturated rings. The number of benzene rings is 2. The summed E-state index contributed by atoms with van der Waals surface area (Å²) in [4.78, 5) is 26.6. The largest absolute Gasteiger partial charge is 0.495 e. The van der Waals surface area contributed by atoms with Crippen molar-refractivity contribution >= 4 is 17.5 Å². The van der Waals surface area contributed by atoms with Gasteiger partial charge in [0.15, 0.2) is 0 Å². The molecule has 0 aliphatic carbocycles. The number of nitrogens with zero attached hydrogens (tertiary/aromatic N) is 1. The molecule has 0 saturated carbocycles. The highest BCUT2D eigenvalue weighted by Crippen LogP contribution is 2.38. The number of hydrogen-bond donors (Lipinski definition) is 1. The Morgan fingerprint density at radius 2 is 1.79 bits per heavy atom. The van der Waals surface area contributed by atoms with E-state index in [9.17, 15) is 9.59 Å². The highest BCUT2D eigenvalue weighted by molar-refractivity contribution is 5.98. The number of para-hydroxylation sites is 2. The summed E-state index contributed by atoms with van der Waals surface area (Å²) in [6.07, 6.45) is 0.205. The minimum absolute atomic E-state index is 0.0240. The molecule has 5 heteroatoms. The second-order valence-electron chi connectivity index (χ2n) is 5.86. The molecule has 1 aliphatic heterocycles. The van der Waals surface area contributed by atoms with Gasteiger partial charge < -0.3 is 15.0 Å². The molecule has 24 heavy (non-hydrogen) atoms. The first-order valence-corrected chi connectivity index (χ1v) is 7.86. The Labute approximate surface area is 141 Å². The van der Waals surface area contributed by atoms with Gasteiger partial charge in [0.2, 0.25) is 11.8 Å². The van der Waals surface area contributed by atoms with E-state index in [0.29, 0.717) is 11.4 Å². The van der Waals surface area contributed by atoms with E-state index in [2.05, 4.69) is 5.32 Å². The van der Waals surface area contributed by atoms with Crippen molar-refractivity contribution in [3.05, 3.63) is 60.2 Å². The average molecular weight is 324 g/mol. The topological polar surface area (TPSA) is 58.6 Å². The quantitative estimate of drug-likeness (QED) is 0.941. The molecule has 2 aromatic carbocycles. The van der Waals surface area contributed by atoms with Crippen LogP contribution in [0.2, 0.25) is 0 Å². The lowest BCUT2D eigenvalue weighted by Crippen LogP contribution is -2.30. The number of amides is 2. The lowest BCUT2D eigenvalue weighted by atomic mass is 9.93. The molecule has 1 aliphatic rings. The molecule has 1 saturated heterocycles. The van der Waals surface area contributed by atoms with Gasteiger partial charge in [0, 0.05) is 13.5 Å². The molecule has 0 spiro atoms. The van der Waals surface area contributed by atoms with Crippen LogP contribution in [0.5, 0.6) is 5.75 Å². The average Bonchev–Trinajstić information content (AvgIpc) is 2.91. The molecule has 5 nitrogen and oxygen atoms in total. The van der Waals surface area contributed by atoms with E-state index >= 15 is 0 Å². The Hall–Kier alpha value is -2.82. The Morgan fingerprint density at radius 1 is 1.12 bits per heavy atom. The van der Waals surface area contributed by atoms with Crippen LogP contribution >= 0.6 is 0 Å². The highest BCUT2D eigenvalue weighted by Gasteiger charge is 2.42. The van der Waals surface area contributed by atoms with E-state index in [-0.39, 0.29) is 24.3 Å². The molecular formula is C19H20N2O3. The molecular weight excluding hydrogens is 304 g/mol. The van der Waals surface area contributed by atoms with Crippen LogP contribution in [-0.2, 0) is 9.59 Å². The molecule has 3 rings (SSSR count). The SMILES string of the molecule is COc1ccccc1NC(=O)C1CC(=O)N(C)C1c1ccccc1. The number of rotatable bonds is 4. The summed E-state index contributed by atoms with van der Waals surface area (Å²) in [6.45, 7) is 0. The summed E-state index contributed by atoms with van der Waals surface area (Å²) in [5.41, 5.74) is 1.57. The Morgan fingerprint density at radius 3 is 2.50 bits per heavy atom. The van der Waals surface area contributed by atoms with Gasteiger partial charge in [-0.1, -0.05) is 42.5 Å². The van der Waals surface area contributed by atoms with Crippen molar-refractivity contribution in [1.29, 1.82) is 0 Å². The van der Waals surface area contributed by atoms with Gasteiger partial charge in [0.25, 0.3) is 0 Å². The second-order valence-corrected chi connectivity index (χ2v) is 5.86. The standard InChI is InChI=1S/C19H20N2O3/c1-21-17(22)12-14(18(21)13-8-4-3-5-9-13)19(23)20-15-10-6-7-11-16(15)24-2/h3-11,14,18H,12H2,1-2H3,(H,20,23). The first-order valence-electron chi connectivity index (χ1n) is 7.86. The van der Waals surface area contributed by atoms with E-state index in [1.54, 1.807) is 31.2 Å². The second kappa shape index (κ2) is 6.74. The molecule has 1 heterocycles. The summed E-state index contributed by atoms with van der Waals surface area (Å²) in [7, 11) is 3.31. The van der Waals surface area contributed by atoms with Crippen LogP contribution in [0.1, 0.15) is 18.0 Å². The van der Waals surface area contributed by atoms with Gasteiger partial charge in [-0.2, -0.15) is 0 Å². The maximum atomic E-state index is 12.8. The van der Waals surface area contributed by atoms with Gasteiger partial charge in [-0.25, -0.2) is 0 Å². The number of nitrogens with one attached hydrogen (secondary N) is 1. The number of carbonyl (C=O) groups excluding carboxylic acids is 2. The van der Waals surface area contributed by atoms with Crippen LogP contribution in [0.4, 0.5) is 5.69 Å². The van der Waals surface area contributed by atoms with Crippen LogP contribution in [0.3, 0.4) is 0 Å². The number of ether oxygens (including phenoxy) is 1. The first kappa shape index (κ1) is 16.1. The summed E-state index contributed by atoms with van der Waals surface area (Å²) >= 11 is 0. The van der Waals surface area contributed by atoms with E-state index in [1.165, 1.54) is 0 Å². The van der Waals surface area contributed by atoms with E-state index in [0.717, 1.165) is 5.56 Å². The Kier molecular flexibility index (Phi) is 4.51. The lowest BCUT2D eigenvalue weighted by Gasteiger charge is -2.25. The number of anilines is 1. The zero-order valence-corrected chi connectivity index (χ0v) is 13.7. The highest BCUT2D eigenvalue weighted by atomic mass is 16.5. The fourth-order valence-electron chi connectivity index (χ4n) is 3.18. The third-order valence-corrected chi connectivity index (χ3v) is 4.43. The fourth-order valence-corrected chi connectivity index (χ4v) is 3.18. The van der Waals surface area contributed by atoms with Crippen molar-refractivity contribution in [3.8, 4) is 5.75 Å². The van der Waals surface area contributed by atoms with Crippen LogP contribution in [0.25, 0.3) is 0 Å². The van der Waals surface area contributed by atoms with Gasteiger partial charge in [-0.05, 0) is 17.7 Å². The third kappa shape index (κ3) is 2.97. The van der Waals surface area contributed by atoms with Gasteiger partial charge in [-0.3, -0.25) is 9.59 Å². The smallest absolute Gasteiger partial charge is 0.230 e. The molecule has 2 amide bonds. The Balaban J connectivity index is 1.86. The van der Waals surface area contributed by atoms with Crippen molar-refractivity contribution in [1.82, 2.24) is 4.90 Å². The monoisotopic (exact) mass is 324 g/mol. The predicted octanol–water partition coefficient (Wildman–Crippen LogP) is 2.85. The Bertz CT molecular complexity index is 745. The molecule has 0 bridgehead atoms. The molecule has 1 N–H and O–H groups in total. The van der Waals surface area contributed by atoms with Gasteiger partial charge in [0.1, 0.15) is 5.75 Å². The number of methoxy groups -OCH3 is 1. The summed E-state index contributed by atoms with van der Waals surface area (Å²) in [5.74, 6) is -0.0373. The minimum atomic E-state index is -0.435. The molecule has 0 radical (unpaired) electrons. The van der Waals surface area contributed by atoms with Gasteiger partial charge >= 0.3 is 0 Å². The van der Waals surface area contributed by atoms with Crippen molar-refractivity contribution in [2.45, 2.75) is 12.5 Å². The minimum Gasteiger partial charge on any atom is -0.495 e. The molecule has 2 unspecified atom stereocenters. The van der Waals surface area contributed by atoms with Crippen LogP contribution in [0.15, 0.2) is 54.6 Å². The van der Waals surface area contributed by atoms with Crippen LogP contribution in [-0.4, -0.2) is 30.9 Å². The summed E-state index contributed by atoms with van der Waals surface area (Å²) in [5, 5.41) is 2.90. The van der Waals surface area contributed by atoms with E-state index < -0.39 is 5.92 Å². The summed E-state index contributed by atoms with van der Waals surface area (Å²) in [6, 6.07) is 16.6. The van der Waals surface area contributed by atoms with Crippen molar-refractivity contribution in [3.63, 3.8) is 0 Å². The lowest BCUT2D eigenvalue weighted by molar-refractivity contribution is -0.127. The van der Waals surface area contributed by atoms with E-state index in [1.807, 2.05) is 42.5 Å². The van der Waals surface area contributed by atoms with Crippen molar-refractivity contribution < 1.29 is 14.3 Å². The molecule has 124 valence electrons. The zero-order valence-electron chi connectivity index (χ0n) is 13.7. The molecule has 2 aromatic rings. The van der Waals surface area contributed by atoms with Gasteiger partial charge in [0.05, 0.1) is 24.8 Å². The normalized spacial score (nSPS) is 20.1. The summed E-state index contributed by atoms with van der Waals surface area (Å²) < 4.78 is 5.27. The van der Waals surface area contributed by atoms with Gasteiger partial charge in [-0.15, -0.1) is 0 Å². The third-order valence-electron chi connectivity index (χ3n) is 4.43. The van der Waals surface area contributed by atoms with Crippen molar-refractivity contribution in [2.24, 2.45) is 5.92 Å². The van der Waals surface area contributed by atoms with Crippen LogP contribution < -0.4 is 10.1 Å². The number of likely N-dealkylation sites (tertiary alicyclic amines) is 1. The maximum Gasteiger partial charge on any atom is 0.230 e. The van der Waals surface area contributed by atoms with Crippen molar-refractivity contribution in [2.75, 3.05) is 19.5 Å². The zero-order chi connectivity index (χ0) is 17.1. The molecule has 2 atom stereocenters. The number of carbonyl (C=O) groups is 2. The van der Waals surface area contributed by atoms with Crippen LogP contribution in [0, 0.1) is 5.92 Å². The predicted molar refractivity (Wildman–Crippen MR) is 91.7 cm³/mol. The molecule has 0 aromatic heterocycles. The van der Waals surface area contributed by atoms with E-state index in [4.69, 9.17) is 4.74 Å². The first-order chi connectivity index (χ1) is 11.6. The maximum absolute atomic E-state index is 12.8. The number of hydrogen-bond acceptors (Lipinski definition) is 3. The fraction of sp³-hybridized carbons (Fsp3) is 0.263.